The number of hydrogen-bond donors (Lipinski definition) is 4. The first-order valence-corrected chi connectivity index (χ1v) is 14.6. The van der Waals surface area contributed by atoms with Crippen LogP contribution in [0.15, 0.2) is 85.2 Å². The standard InChI is InChI=1S/C31H32N6O3.C3H8/c1-3-15-37(30(38)19-34-31(39)40-2)20-29-33-17-27(36-29)22-11-9-21(10-12-22)23-13-14-26-25(16-23)28(18-32-26)35-24-7-5-4-6-8-24;1-3-2/h4-14,16-18,32,35H,3,15,19-20H2,1-2H3,(H,33,36)(H,34,39);3H2,1-2H3. The Morgan fingerprint density at radius 3 is 2.33 bits per heavy atom. The van der Waals surface area contributed by atoms with E-state index in [9.17, 15) is 9.59 Å². The third-order valence-corrected chi connectivity index (χ3v) is 6.65. The van der Waals surface area contributed by atoms with Gasteiger partial charge in [-0.05, 0) is 47.4 Å². The second-order valence-corrected chi connectivity index (χ2v) is 10.1. The lowest BCUT2D eigenvalue weighted by Crippen LogP contribution is -2.40. The van der Waals surface area contributed by atoms with E-state index in [1.165, 1.54) is 13.5 Å². The minimum atomic E-state index is -0.633. The molecule has 0 radical (unpaired) electrons. The number of amides is 2. The quantitative estimate of drug-likeness (QED) is 0.137. The van der Waals surface area contributed by atoms with Crippen molar-refractivity contribution in [1.82, 2.24) is 25.2 Å². The lowest BCUT2D eigenvalue weighted by atomic mass is 10.0. The molecule has 5 rings (SSSR count). The molecule has 0 spiro atoms. The van der Waals surface area contributed by atoms with Gasteiger partial charge in [0.15, 0.2) is 0 Å². The van der Waals surface area contributed by atoms with Crippen molar-refractivity contribution in [3.05, 3.63) is 91.0 Å². The number of anilines is 2. The fourth-order valence-electron chi connectivity index (χ4n) is 4.59. The number of nitrogens with one attached hydrogen (secondary N) is 4. The molecular weight excluding hydrogens is 540 g/mol. The number of aromatic amines is 2. The number of fused-ring (bicyclic) bond motifs is 1. The van der Waals surface area contributed by atoms with Gasteiger partial charge in [0.25, 0.3) is 0 Å². The monoisotopic (exact) mass is 580 g/mol. The van der Waals surface area contributed by atoms with Gasteiger partial charge in [-0.3, -0.25) is 4.79 Å². The molecular formula is C34H40N6O3. The fraction of sp³-hybridized carbons (Fsp3) is 0.265. The molecule has 224 valence electrons. The maximum absolute atomic E-state index is 12.6. The molecule has 0 fully saturated rings. The molecule has 9 heteroatoms. The number of carbonyl (C=O) groups excluding carboxylic acids is 2. The van der Waals surface area contributed by atoms with Gasteiger partial charge < -0.3 is 30.2 Å². The molecule has 43 heavy (non-hydrogen) atoms. The highest BCUT2D eigenvalue weighted by atomic mass is 16.5. The molecule has 0 aliphatic rings. The molecule has 2 aromatic heterocycles. The van der Waals surface area contributed by atoms with E-state index in [1.54, 1.807) is 11.1 Å². The number of benzene rings is 3. The van der Waals surface area contributed by atoms with Gasteiger partial charge in [-0.2, -0.15) is 0 Å². The third kappa shape index (κ3) is 8.25. The van der Waals surface area contributed by atoms with E-state index < -0.39 is 6.09 Å². The van der Waals surface area contributed by atoms with Crippen LogP contribution in [0.2, 0.25) is 0 Å². The van der Waals surface area contributed by atoms with Gasteiger partial charge in [-0.1, -0.05) is 75.7 Å². The van der Waals surface area contributed by atoms with E-state index in [2.05, 4.69) is 86.6 Å². The Morgan fingerprint density at radius 2 is 1.63 bits per heavy atom. The average molecular weight is 581 g/mol. The lowest BCUT2D eigenvalue weighted by Gasteiger charge is -2.21. The molecule has 3 aromatic carbocycles. The first kappa shape index (κ1) is 30.9. The summed E-state index contributed by atoms with van der Waals surface area (Å²) in [6.07, 6.45) is 5.17. The average Bonchev–Trinajstić information content (AvgIpc) is 3.67. The zero-order chi connectivity index (χ0) is 30.6. The van der Waals surface area contributed by atoms with Crippen LogP contribution >= 0.6 is 0 Å². The minimum absolute atomic E-state index is 0.125. The van der Waals surface area contributed by atoms with Gasteiger partial charge in [-0.15, -0.1) is 0 Å². The first-order chi connectivity index (χ1) is 20.9. The molecule has 0 saturated heterocycles. The Labute approximate surface area is 252 Å². The second-order valence-electron chi connectivity index (χ2n) is 10.1. The van der Waals surface area contributed by atoms with Crippen LogP contribution < -0.4 is 10.6 Å². The van der Waals surface area contributed by atoms with Crippen molar-refractivity contribution >= 4 is 34.3 Å². The van der Waals surface area contributed by atoms with Crippen molar-refractivity contribution in [1.29, 1.82) is 0 Å². The van der Waals surface area contributed by atoms with E-state index >= 15 is 0 Å². The van der Waals surface area contributed by atoms with Gasteiger partial charge in [0, 0.05) is 29.3 Å². The zero-order valence-corrected chi connectivity index (χ0v) is 25.2. The Balaban J connectivity index is 0.00000135. The van der Waals surface area contributed by atoms with E-state index in [1.807, 2.05) is 43.5 Å². The van der Waals surface area contributed by atoms with Crippen LogP contribution in [0.1, 0.15) is 39.4 Å². The topological polar surface area (TPSA) is 115 Å². The van der Waals surface area contributed by atoms with Crippen molar-refractivity contribution < 1.29 is 14.3 Å². The first-order valence-electron chi connectivity index (χ1n) is 14.6. The molecule has 0 aliphatic carbocycles. The van der Waals surface area contributed by atoms with Crippen LogP contribution in [-0.4, -0.2) is 52.1 Å². The van der Waals surface area contributed by atoms with Crippen LogP contribution in [0.25, 0.3) is 33.3 Å². The Bertz CT molecular complexity index is 1610. The Kier molecular flexibility index (Phi) is 11.0. The van der Waals surface area contributed by atoms with Crippen LogP contribution in [0.3, 0.4) is 0 Å². The number of para-hydroxylation sites is 1. The van der Waals surface area contributed by atoms with Crippen LogP contribution in [0.4, 0.5) is 16.2 Å². The normalized spacial score (nSPS) is 10.5. The summed E-state index contributed by atoms with van der Waals surface area (Å²) in [5.41, 5.74) is 7.23. The van der Waals surface area contributed by atoms with Gasteiger partial charge in [0.05, 0.1) is 31.2 Å². The highest BCUT2D eigenvalue weighted by Crippen LogP contribution is 2.31. The molecule has 2 heterocycles. The molecule has 4 N–H and O–H groups in total. The molecule has 0 bridgehead atoms. The maximum Gasteiger partial charge on any atom is 0.407 e. The molecule has 9 nitrogen and oxygen atoms in total. The number of H-pyrrole nitrogens is 2. The number of imidazole rings is 1. The van der Waals surface area contributed by atoms with E-state index in [0.717, 1.165) is 51.1 Å². The summed E-state index contributed by atoms with van der Waals surface area (Å²) in [6, 6.07) is 24.8. The molecule has 5 aromatic rings. The van der Waals surface area contributed by atoms with Gasteiger partial charge in [-0.25, -0.2) is 9.78 Å². The molecule has 2 amide bonds. The summed E-state index contributed by atoms with van der Waals surface area (Å²) in [4.78, 5) is 36.7. The van der Waals surface area contributed by atoms with Crippen molar-refractivity contribution in [3.8, 4) is 22.4 Å². The maximum atomic E-state index is 12.6. The number of ether oxygens (including phenoxy) is 1. The molecule has 0 saturated carbocycles. The number of rotatable bonds is 10. The Morgan fingerprint density at radius 1 is 0.930 bits per heavy atom. The van der Waals surface area contributed by atoms with Crippen LogP contribution in [-0.2, 0) is 16.1 Å². The van der Waals surface area contributed by atoms with E-state index in [0.29, 0.717) is 18.9 Å². The highest BCUT2D eigenvalue weighted by Gasteiger charge is 2.16. The smallest absolute Gasteiger partial charge is 0.407 e. The number of alkyl carbamates (subject to hydrolysis) is 1. The summed E-state index contributed by atoms with van der Waals surface area (Å²) in [5, 5.41) is 7.05. The largest absolute Gasteiger partial charge is 0.453 e. The van der Waals surface area contributed by atoms with Crippen molar-refractivity contribution in [2.24, 2.45) is 0 Å². The number of nitrogens with zero attached hydrogens (tertiary/aromatic N) is 2. The van der Waals surface area contributed by atoms with Crippen molar-refractivity contribution in [2.45, 2.75) is 40.2 Å². The number of methoxy groups -OCH3 is 1. The number of aromatic nitrogens is 3. The summed E-state index contributed by atoms with van der Waals surface area (Å²) in [5.74, 6) is 0.478. The molecule has 0 atom stereocenters. The number of hydrogen-bond acceptors (Lipinski definition) is 5. The third-order valence-electron chi connectivity index (χ3n) is 6.65. The van der Waals surface area contributed by atoms with E-state index in [-0.39, 0.29) is 12.5 Å². The molecule has 0 aliphatic heterocycles. The van der Waals surface area contributed by atoms with Crippen molar-refractivity contribution in [3.63, 3.8) is 0 Å². The predicted molar refractivity (Wildman–Crippen MR) is 173 cm³/mol. The fourth-order valence-corrected chi connectivity index (χ4v) is 4.59. The Hall–Kier alpha value is -5.05. The zero-order valence-electron chi connectivity index (χ0n) is 25.2. The van der Waals surface area contributed by atoms with Gasteiger partial charge in [0.2, 0.25) is 5.91 Å². The summed E-state index contributed by atoms with van der Waals surface area (Å²) in [6.45, 7) is 7.00. The minimum Gasteiger partial charge on any atom is -0.453 e. The summed E-state index contributed by atoms with van der Waals surface area (Å²) >= 11 is 0. The molecule has 0 unspecified atom stereocenters. The summed E-state index contributed by atoms with van der Waals surface area (Å²) in [7, 11) is 1.27. The lowest BCUT2D eigenvalue weighted by molar-refractivity contribution is -0.130. The number of carbonyl (C=O) groups is 2. The second kappa shape index (κ2) is 15.3. The van der Waals surface area contributed by atoms with E-state index in [4.69, 9.17) is 0 Å². The van der Waals surface area contributed by atoms with Crippen LogP contribution in [0.5, 0.6) is 0 Å². The summed E-state index contributed by atoms with van der Waals surface area (Å²) < 4.78 is 4.55. The van der Waals surface area contributed by atoms with Crippen molar-refractivity contribution in [2.75, 3.05) is 25.5 Å². The highest BCUT2D eigenvalue weighted by molar-refractivity contribution is 5.97. The SMILES string of the molecule is CCC.CCCN(Cc1ncc(-c2ccc(-c3ccc4[nH]cc(Nc5ccccc5)c4c3)cc2)[nH]1)C(=O)CNC(=O)OC. The predicted octanol–water partition coefficient (Wildman–Crippen LogP) is 7.48. The van der Waals surface area contributed by atoms with Gasteiger partial charge >= 0.3 is 6.09 Å². The van der Waals surface area contributed by atoms with Crippen LogP contribution in [0, 0.1) is 0 Å². The van der Waals surface area contributed by atoms with Gasteiger partial charge in [0.1, 0.15) is 12.4 Å².